The van der Waals surface area contributed by atoms with Crippen LogP contribution in [-0.2, 0) is 0 Å². The SMILES string of the molecule is CCC(C)Nc1nc(C)nc2c1oc1ccccc12.[Cl-]. The number of rotatable bonds is 3. The predicted molar refractivity (Wildman–Crippen MR) is 77.4 cm³/mol. The van der Waals surface area contributed by atoms with Gasteiger partial charge in [0.2, 0.25) is 0 Å². The number of aryl methyl sites for hydroxylation is 1. The van der Waals surface area contributed by atoms with E-state index in [-0.39, 0.29) is 12.4 Å². The van der Waals surface area contributed by atoms with Crippen molar-refractivity contribution in [1.82, 2.24) is 9.97 Å². The molecule has 106 valence electrons. The van der Waals surface area contributed by atoms with Gasteiger partial charge in [0, 0.05) is 11.4 Å². The van der Waals surface area contributed by atoms with E-state index in [1.54, 1.807) is 0 Å². The van der Waals surface area contributed by atoms with Crippen molar-refractivity contribution >= 4 is 27.9 Å². The topological polar surface area (TPSA) is 51.0 Å². The fourth-order valence-corrected chi connectivity index (χ4v) is 2.14. The van der Waals surface area contributed by atoms with E-state index in [1.807, 2.05) is 31.2 Å². The van der Waals surface area contributed by atoms with Crippen molar-refractivity contribution in [2.75, 3.05) is 5.32 Å². The molecule has 0 aliphatic carbocycles. The number of furan rings is 1. The first-order chi connectivity index (χ1) is 9.19. The van der Waals surface area contributed by atoms with Crippen LogP contribution < -0.4 is 17.7 Å². The number of para-hydroxylation sites is 1. The molecule has 0 aliphatic heterocycles. The summed E-state index contributed by atoms with van der Waals surface area (Å²) in [5.41, 5.74) is 2.48. The Labute approximate surface area is 124 Å². The highest BCUT2D eigenvalue weighted by molar-refractivity contribution is 6.05. The van der Waals surface area contributed by atoms with Gasteiger partial charge in [-0.3, -0.25) is 0 Å². The summed E-state index contributed by atoms with van der Waals surface area (Å²) < 4.78 is 5.90. The third kappa shape index (κ3) is 2.43. The Morgan fingerprint density at radius 3 is 2.75 bits per heavy atom. The van der Waals surface area contributed by atoms with Crippen molar-refractivity contribution in [3.05, 3.63) is 30.1 Å². The largest absolute Gasteiger partial charge is 1.00 e. The van der Waals surface area contributed by atoms with Crippen LogP contribution in [0.25, 0.3) is 22.1 Å². The zero-order chi connectivity index (χ0) is 13.4. The Bertz CT molecular complexity index is 738. The van der Waals surface area contributed by atoms with Gasteiger partial charge in [0.1, 0.15) is 16.9 Å². The molecular formula is C15H17ClN3O-. The number of fused-ring (bicyclic) bond motifs is 3. The van der Waals surface area contributed by atoms with Gasteiger partial charge in [0.15, 0.2) is 11.4 Å². The zero-order valence-corrected chi connectivity index (χ0v) is 12.5. The van der Waals surface area contributed by atoms with Gasteiger partial charge in [0.25, 0.3) is 0 Å². The minimum Gasteiger partial charge on any atom is -1.00 e. The number of hydrogen-bond acceptors (Lipinski definition) is 4. The Morgan fingerprint density at radius 2 is 2.00 bits per heavy atom. The molecule has 0 bridgehead atoms. The maximum Gasteiger partial charge on any atom is 0.196 e. The van der Waals surface area contributed by atoms with Gasteiger partial charge in [-0.2, -0.15) is 0 Å². The highest BCUT2D eigenvalue weighted by Gasteiger charge is 2.15. The lowest BCUT2D eigenvalue weighted by molar-refractivity contribution is -0.00000465. The van der Waals surface area contributed by atoms with E-state index in [2.05, 4.69) is 29.1 Å². The van der Waals surface area contributed by atoms with Crippen molar-refractivity contribution in [3.8, 4) is 0 Å². The number of halogens is 1. The standard InChI is InChI=1S/C15H17N3O.ClH/c1-4-9(2)16-15-14-13(17-10(3)18-15)11-7-5-6-8-12(11)19-14;/h5-9H,4H2,1-3H3,(H,16,17,18);1H/p-1. The molecule has 0 saturated carbocycles. The Balaban J connectivity index is 0.00000147. The van der Waals surface area contributed by atoms with Gasteiger partial charge in [0.05, 0.1) is 0 Å². The highest BCUT2D eigenvalue weighted by atomic mass is 35.5. The van der Waals surface area contributed by atoms with Crippen LogP contribution in [0.1, 0.15) is 26.1 Å². The Morgan fingerprint density at radius 1 is 1.25 bits per heavy atom. The van der Waals surface area contributed by atoms with Crippen LogP contribution in [0.3, 0.4) is 0 Å². The van der Waals surface area contributed by atoms with Gasteiger partial charge in [-0.15, -0.1) is 0 Å². The van der Waals surface area contributed by atoms with Gasteiger partial charge < -0.3 is 22.1 Å². The summed E-state index contributed by atoms with van der Waals surface area (Å²) in [5.74, 6) is 1.54. The molecule has 0 fully saturated rings. The van der Waals surface area contributed by atoms with Crippen LogP contribution in [0.5, 0.6) is 0 Å². The molecule has 0 radical (unpaired) electrons. The van der Waals surface area contributed by atoms with Crippen molar-refractivity contribution in [1.29, 1.82) is 0 Å². The lowest BCUT2D eigenvalue weighted by Gasteiger charge is -2.12. The summed E-state index contributed by atoms with van der Waals surface area (Å²) in [4.78, 5) is 8.98. The maximum absolute atomic E-state index is 5.90. The minimum atomic E-state index is 0. The molecule has 1 atom stereocenters. The number of anilines is 1. The molecular weight excluding hydrogens is 274 g/mol. The van der Waals surface area contributed by atoms with E-state index in [0.29, 0.717) is 6.04 Å². The number of nitrogens with one attached hydrogen (secondary N) is 1. The molecule has 20 heavy (non-hydrogen) atoms. The minimum absolute atomic E-state index is 0. The van der Waals surface area contributed by atoms with E-state index >= 15 is 0 Å². The van der Waals surface area contributed by atoms with Crippen LogP contribution in [0.15, 0.2) is 28.7 Å². The third-order valence-corrected chi connectivity index (χ3v) is 3.33. The van der Waals surface area contributed by atoms with Crippen molar-refractivity contribution in [2.45, 2.75) is 33.2 Å². The number of aromatic nitrogens is 2. The molecule has 1 N–H and O–H groups in total. The molecule has 2 heterocycles. The normalized spacial score (nSPS) is 12.3. The van der Waals surface area contributed by atoms with Crippen LogP contribution >= 0.6 is 0 Å². The van der Waals surface area contributed by atoms with Gasteiger partial charge >= 0.3 is 0 Å². The predicted octanol–water partition coefficient (Wildman–Crippen LogP) is 0.899. The van der Waals surface area contributed by atoms with Gasteiger partial charge in [-0.1, -0.05) is 19.1 Å². The average Bonchev–Trinajstić information content (AvgIpc) is 2.77. The first kappa shape index (κ1) is 14.6. The molecule has 3 rings (SSSR count). The number of nitrogens with zero attached hydrogens (tertiary/aromatic N) is 2. The molecule has 0 saturated heterocycles. The van der Waals surface area contributed by atoms with Crippen LogP contribution in [0.2, 0.25) is 0 Å². The lowest BCUT2D eigenvalue weighted by Crippen LogP contribution is -3.00. The third-order valence-electron chi connectivity index (χ3n) is 3.33. The second-order valence-corrected chi connectivity index (χ2v) is 4.85. The fraction of sp³-hybridized carbons (Fsp3) is 0.333. The van der Waals surface area contributed by atoms with E-state index in [0.717, 1.165) is 40.1 Å². The van der Waals surface area contributed by atoms with Crippen molar-refractivity contribution < 1.29 is 16.8 Å². The summed E-state index contributed by atoms with van der Waals surface area (Å²) in [6, 6.07) is 8.30. The quantitative estimate of drug-likeness (QED) is 0.779. The molecule has 0 spiro atoms. The summed E-state index contributed by atoms with van der Waals surface area (Å²) in [5, 5.41) is 4.43. The number of hydrogen-bond donors (Lipinski definition) is 1. The first-order valence-corrected chi connectivity index (χ1v) is 6.61. The molecule has 0 amide bonds. The average molecular weight is 291 g/mol. The van der Waals surface area contributed by atoms with E-state index in [1.165, 1.54) is 0 Å². The molecule has 4 nitrogen and oxygen atoms in total. The smallest absolute Gasteiger partial charge is 0.196 e. The summed E-state index contributed by atoms with van der Waals surface area (Å²) in [6.45, 7) is 6.18. The maximum atomic E-state index is 5.90. The Kier molecular flexibility index (Phi) is 4.14. The number of benzene rings is 1. The monoisotopic (exact) mass is 290 g/mol. The lowest BCUT2D eigenvalue weighted by atomic mass is 10.2. The van der Waals surface area contributed by atoms with E-state index in [4.69, 9.17) is 4.42 Å². The summed E-state index contributed by atoms with van der Waals surface area (Å²) >= 11 is 0. The summed E-state index contributed by atoms with van der Waals surface area (Å²) in [7, 11) is 0. The molecule has 5 heteroatoms. The van der Waals surface area contributed by atoms with Gasteiger partial charge in [-0.05, 0) is 32.4 Å². The van der Waals surface area contributed by atoms with Gasteiger partial charge in [-0.25, -0.2) is 9.97 Å². The first-order valence-electron chi connectivity index (χ1n) is 6.61. The van der Waals surface area contributed by atoms with Crippen molar-refractivity contribution in [2.24, 2.45) is 0 Å². The molecule has 1 unspecified atom stereocenters. The molecule has 1 aromatic carbocycles. The van der Waals surface area contributed by atoms with Crippen LogP contribution in [0.4, 0.5) is 5.82 Å². The second kappa shape index (κ2) is 5.67. The van der Waals surface area contributed by atoms with Crippen molar-refractivity contribution in [3.63, 3.8) is 0 Å². The van der Waals surface area contributed by atoms with E-state index < -0.39 is 0 Å². The molecule has 0 aliphatic rings. The highest BCUT2D eigenvalue weighted by Crippen LogP contribution is 2.31. The van der Waals surface area contributed by atoms with Crippen LogP contribution in [-0.4, -0.2) is 16.0 Å². The molecule has 2 aromatic heterocycles. The Hall–Kier alpha value is -1.81. The second-order valence-electron chi connectivity index (χ2n) is 4.85. The van der Waals surface area contributed by atoms with Crippen LogP contribution in [0, 0.1) is 6.92 Å². The molecule has 3 aromatic rings. The summed E-state index contributed by atoms with van der Waals surface area (Å²) in [6.07, 6.45) is 1.03. The van der Waals surface area contributed by atoms with E-state index in [9.17, 15) is 0 Å². The zero-order valence-electron chi connectivity index (χ0n) is 11.8. The fourth-order valence-electron chi connectivity index (χ4n) is 2.14.